The molecule has 0 fully saturated rings. The zero-order valence-corrected chi connectivity index (χ0v) is 34.5. The highest BCUT2D eigenvalue weighted by Gasteiger charge is 2.36. The van der Waals surface area contributed by atoms with Gasteiger partial charge in [-0.15, -0.1) is 0 Å². The third-order valence-corrected chi connectivity index (χ3v) is 11.9. The summed E-state index contributed by atoms with van der Waals surface area (Å²) in [4.78, 5) is 30.4. The standard InChI is InChI=1S/C25H25N3O2.C25H24N2O2/c1-25(2)13-20-23(21(14-25)28-29)22-17-6-4-5-7-18(17)27-24(22)19(26-20)12-15-8-10-16(30-3)11-9-15;1-25(2)13-20-23(21(28)14-25)22-17-6-4-5-7-18(17)27-24(22)19(26-20)12-15-8-10-16(29-3)11-9-15/h4-11,27,29H,12-14H2,1-3H3;4-11,27H,12-14H2,1-3H3/b28-21+;. The summed E-state index contributed by atoms with van der Waals surface area (Å²) in [7, 11) is 3.35. The summed E-state index contributed by atoms with van der Waals surface area (Å²) in [5, 5.41) is 17.9. The number of rotatable bonds is 6. The summed E-state index contributed by atoms with van der Waals surface area (Å²) in [6.07, 6.45) is 4.38. The summed E-state index contributed by atoms with van der Waals surface area (Å²) in [6, 6.07) is 32.7. The number of benzene rings is 4. The fourth-order valence-corrected chi connectivity index (χ4v) is 9.25. The smallest absolute Gasteiger partial charge is 0.165 e. The monoisotopic (exact) mass is 783 g/mol. The number of oxime groups is 1. The molecule has 2 aliphatic carbocycles. The van der Waals surface area contributed by atoms with Gasteiger partial charge in [-0.05, 0) is 77.6 Å². The molecule has 298 valence electrons. The van der Waals surface area contributed by atoms with Gasteiger partial charge in [-0.3, -0.25) is 14.8 Å². The molecular formula is C50H49N5O4. The van der Waals surface area contributed by atoms with Crippen molar-refractivity contribution in [3.8, 4) is 11.5 Å². The van der Waals surface area contributed by atoms with E-state index in [1.165, 1.54) is 11.1 Å². The fourth-order valence-electron chi connectivity index (χ4n) is 9.25. The van der Waals surface area contributed by atoms with E-state index in [2.05, 4.69) is 91.3 Å². The third-order valence-electron chi connectivity index (χ3n) is 11.9. The van der Waals surface area contributed by atoms with E-state index in [-0.39, 0.29) is 16.6 Å². The van der Waals surface area contributed by atoms with Gasteiger partial charge in [0.25, 0.3) is 0 Å². The zero-order valence-electron chi connectivity index (χ0n) is 34.5. The van der Waals surface area contributed by atoms with Gasteiger partial charge >= 0.3 is 0 Å². The molecule has 2 aliphatic rings. The lowest BCUT2D eigenvalue weighted by molar-refractivity contribution is 0.0912. The van der Waals surface area contributed by atoms with E-state index in [1.807, 2.05) is 48.5 Å². The minimum absolute atomic E-state index is 0.00126. The Bertz CT molecular complexity index is 2940. The van der Waals surface area contributed by atoms with Gasteiger partial charge in [0.05, 0.1) is 53.7 Å². The lowest BCUT2D eigenvalue weighted by Gasteiger charge is -2.31. The maximum absolute atomic E-state index is 13.1. The van der Waals surface area contributed by atoms with E-state index < -0.39 is 0 Å². The number of Topliss-reactive ketones (excluding diaryl/α,β-unsaturated/α-hetero) is 1. The van der Waals surface area contributed by atoms with Crippen molar-refractivity contribution in [2.45, 2.75) is 66.2 Å². The first-order valence-corrected chi connectivity index (χ1v) is 20.3. The number of ketones is 1. The lowest BCUT2D eigenvalue weighted by Crippen LogP contribution is -2.29. The molecule has 0 aliphatic heterocycles. The van der Waals surface area contributed by atoms with E-state index >= 15 is 0 Å². The molecule has 0 bridgehead atoms. The first-order valence-electron chi connectivity index (χ1n) is 20.3. The summed E-state index contributed by atoms with van der Waals surface area (Å²) >= 11 is 0. The van der Waals surface area contributed by atoms with Crippen LogP contribution in [0.3, 0.4) is 0 Å². The number of H-pyrrole nitrogens is 2. The molecule has 0 spiro atoms. The second-order valence-corrected chi connectivity index (χ2v) is 17.7. The van der Waals surface area contributed by atoms with E-state index in [0.717, 1.165) is 114 Å². The lowest BCUT2D eigenvalue weighted by atomic mass is 9.74. The van der Waals surface area contributed by atoms with E-state index in [9.17, 15) is 10.0 Å². The van der Waals surface area contributed by atoms with Crippen molar-refractivity contribution in [3.63, 3.8) is 0 Å². The van der Waals surface area contributed by atoms with Crippen LogP contribution >= 0.6 is 0 Å². The van der Waals surface area contributed by atoms with Gasteiger partial charge in [0.2, 0.25) is 0 Å². The minimum atomic E-state index is -0.0613. The molecule has 4 heterocycles. The van der Waals surface area contributed by atoms with Gasteiger partial charge in [-0.2, -0.15) is 0 Å². The van der Waals surface area contributed by atoms with Gasteiger partial charge in [0.1, 0.15) is 11.5 Å². The maximum atomic E-state index is 13.1. The average Bonchev–Trinajstić information content (AvgIpc) is 3.80. The van der Waals surface area contributed by atoms with Gasteiger partial charge in [-0.25, -0.2) is 0 Å². The molecule has 9 heteroatoms. The van der Waals surface area contributed by atoms with Crippen LogP contribution in [0.25, 0.3) is 43.6 Å². The summed E-state index contributed by atoms with van der Waals surface area (Å²) in [5.74, 6) is 1.89. The number of fused-ring (bicyclic) bond motifs is 10. The summed E-state index contributed by atoms with van der Waals surface area (Å²) in [6.45, 7) is 8.70. The van der Waals surface area contributed by atoms with Crippen molar-refractivity contribution >= 4 is 55.1 Å². The number of ether oxygens (including phenoxy) is 2. The number of para-hydroxylation sites is 2. The topological polar surface area (TPSA) is 125 Å². The number of carbonyl (C=O) groups excluding carboxylic acids is 1. The Hall–Kier alpha value is -6.48. The highest BCUT2D eigenvalue weighted by Crippen LogP contribution is 2.42. The molecule has 0 saturated heterocycles. The number of methoxy groups -OCH3 is 2. The summed E-state index contributed by atoms with van der Waals surface area (Å²) in [5.41, 5.74) is 12.9. The van der Waals surface area contributed by atoms with Crippen molar-refractivity contribution in [1.29, 1.82) is 0 Å². The fraction of sp³-hybridized carbons (Fsp3) is 0.280. The third kappa shape index (κ3) is 7.09. The van der Waals surface area contributed by atoms with Crippen LogP contribution in [-0.4, -0.2) is 50.9 Å². The molecule has 4 aromatic heterocycles. The molecule has 4 aromatic carbocycles. The van der Waals surface area contributed by atoms with Crippen LogP contribution in [0.5, 0.6) is 11.5 Å². The molecular weight excluding hydrogens is 735 g/mol. The van der Waals surface area contributed by atoms with Crippen LogP contribution < -0.4 is 9.47 Å². The van der Waals surface area contributed by atoms with Gasteiger partial charge < -0.3 is 24.6 Å². The maximum Gasteiger partial charge on any atom is 0.165 e. The second kappa shape index (κ2) is 14.7. The van der Waals surface area contributed by atoms with Crippen molar-refractivity contribution in [1.82, 2.24) is 19.9 Å². The minimum Gasteiger partial charge on any atom is -0.497 e. The Morgan fingerprint density at radius 2 is 1.05 bits per heavy atom. The number of hydrogen-bond acceptors (Lipinski definition) is 7. The first-order chi connectivity index (χ1) is 28.4. The van der Waals surface area contributed by atoms with Crippen LogP contribution in [0.15, 0.2) is 102 Å². The largest absolute Gasteiger partial charge is 0.497 e. The predicted molar refractivity (Wildman–Crippen MR) is 236 cm³/mol. The molecule has 0 unspecified atom stereocenters. The Kier molecular flexibility index (Phi) is 9.49. The highest BCUT2D eigenvalue weighted by atomic mass is 16.5. The van der Waals surface area contributed by atoms with Crippen LogP contribution in [-0.2, 0) is 25.7 Å². The van der Waals surface area contributed by atoms with Crippen molar-refractivity contribution in [3.05, 3.63) is 142 Å². The zero-order chi connectivity index (χ0) is 41.1. The predicted octanol–water partition coefficient (Wildman–Crippen LogP) is 10.9. The van der Waals surface area contributed by atoms with E-state index in [1.54, 1.807) is 14.2 Å². The first kappa shape index (κ1) is 38.1. The van der Waals surface area contributed by atoms with Crippen molar-refractivity contribution in [2.75, 3.05) is 14.2 Å². The molecule has 0 amide bonds. The Morgan fingerprint density at radius 1 is 0.610 bits per heavy atom. The van der Waals surface area contributed by atoms with Gasteiger partial charge in [-0.1, -0.05) is 93.5 Å². The van der Waals surface area contributed by atoms with E-state index in [4.69, 9.17) is 19.4 Å². The number of nitrogens with one attached hydrogen (secondary N) is 2. The van der Waals surface area contributed by atoms with Gasteiger partial charge in [0, 0.05) is 63.0 Å². The number of hydrogen-bond donors (Lipinski definition) is 3. The molecule has 0 atom stereocenters. The normalized spacial score (nSPS) is 16.2. The van der Waals surface area contributed by atoms with E-state index in [0.29, 0.717) is 19.3 Å². The quantitative estimate of drug-likeness (QED) is 0.114. The van der Waals surface area contributed by atoms with Crippen LogP contribution in [0.1, 0.15) is 90.4 Å². The van der Waals surface area contributed by atoms with Crippen molar-refractivity contribution < 1.29 is 19.5 Å². The number of carbonyl (C=O) groups is 1. The number of nitrogens with zero attached hydrogens (tertiary/aromatic N) is 3. The molecule has 0 saturated carbocycles. The number of pyridine rings is 2. The molecule has 3 N–H and O–H groups in total. The number of aromatic amines is 2. The molecule has 10 rings (SSSR count). The number of aromatic nitrogens is 4. The second-order valence-electron chi connectivity index (χ2n) is 17.7. The average molecular weight is 784 g/mol. The Morgan fingerprint density at radius 3 is 1.53 bits per heavy atom. The highest BCUT2D eigenvalue weighted by molar-refractivity contribution is 6.21. The Balaban J connectivity index is 0.000000152. The van der Waals surface area contributed by atoms with Crippen molar-refractivity contribution in [2.24, 2.45) is 16.0 Å². The van der Waals surface area contributed by atoms with Crippen LogP contribution in [0, 0.1) is 10.8 Å². The Labute approximate surface area is 343 Å². The SMILES string of the molecule is COc1ccc(Cc2nc3c(c4c2[nH]c2ccccc24)/C(=N/O)CC(C)(C)C3)cc1.COc1ccc(Cc2nc3c(c4c2[nH]c2ccccc24)C(=O)CC(C)(C)C3)cc1. The molecule has 59 heavy (non-hydrogen) atoms. The molecule has 9 nitrogen and oxygen atoms in total. The summed E-state index contributed by atoms with van der Waals surface area (Å²) < 4.78 is 10.6. The molecule has 0 radical (unpaired) electrons. The molecule has 8 aromatic rings. The van der Waals surface area contributed by atoms with Crippen LogP contribution in [0.2, 0.25) is 0 Å². The van der Waals surface area contributed by atoms with Crippen LogP contribution in [0.4, 0.5) is 0 Å². The van der Waals surface area contributed by atoms with Gasteiger partial charge in [0.15, 0.2) is 5.78 Å².